The lowest BCUT2D eigenvalue weighted by molar-refractivity contribution is 0.277. The third-order valence-electron chi connectivity index (χ3n) is 2.67. The lowest BCUT2D eigenvalue weighted by Crippen LogP contribution is -2.07. The predicted octanol–water partition coefficient (Wildman–Crippen LogP) is 1.60. The molecule has 102 valence electrons. The summed E-state index contributed by atoms with van der Waals surface area (Å²) in [6.45, 7) is 0.736. The first-order valence-corrected chi connectivity index (χ1v) is 6.42. The fourth-order valence-electron chi connectivity index (χ4n) is 1.83. The molecular weight excluding hydrogens is 266 g/mol. The largest absolute Gasteiger partial charge is 0.395 e. The Morgan fingerprint density at radius 2 is 1.89 bits per heavy atom. The van der Waals surface area contributed by atoms with Crippen molar-refractivity contribution in [2.24, 2.45) is 0 Å². The van der Waals surface area contributed by atoms with Crippen LogP contribution < -0.4 is 5.32 Å². The molecule has 2 rings (SSSR count). The standard InChI is InChI=1S/C13H16ClN3O2/c14-11-12(15-6-8-18)16-13(17(11)7-9-19)10-4-2-1-3-5-10/h1-5,15,18-19H,6-9H2. The monoisotopic (exact) mass is 281 g/mol. The lowest BCUT2D eigenvalue weighted by Gasteiger charge is -2.06. The van der Waals surface area contributed by atoms with E-state index in [1.54, 1.807) is 4.57 Å². The van der Waals surface area contributed by atoms with Crippen LogP contribution in [0.4, 0.5) is 5.82 Å². The van der Waals surface area contributed by atoms with Crippen molar-refractivity contribution in [2.75, 3.05) is 25.1 Å². The second kappa shape index (κ2) is 6.56. The number of nitrogens with zero attached hydrogens (tertiary/aromatic N) is 2. The summed E-state index contributed by atoms with van der Waals surface area (Å²) in [6, 6.07) is 9.63. The third kappa shape index (κ3) is 3.07. The summed E-state index contributed by atoms with van der Waals surface area (Å²) < 4.78 is 1.75. The van der Waals surface area contributed by atoms with Crippen LogP contribution in [0.3, 0.4) is 0 Å². The Balaban J connectivity index is 2.41. The molecule has 0 aliphatic rings. The molecule has 19 heavy (non-hydrogen) atoms. The van der Waals surface area contributed by atoms with Gasteiger partial charge in [-0.25, -0.2) is 4.98 Å². The number of nitrogens with one attached hydrogen (secondary N) is 1. The van der Waals surface area contributed by atoms with E-state index < -0.39 is 0 Å². The molecule has 1 aromatic carbocycles. The number of hydrogen-bond acceptors (Lipinski definition) is 4. The summed E-state index contributed by atoms with van der Waals surface area (Å²) in [5.41, 5.74) is 0.926. The molecule has 0 radical (unpaired) electrons. The van der Waals surface area contributed by atoms with E-state index in [1.165, 1.54) is 0 Å². The van der Waals surface area contributed by atoms with Gasteiger partial charge in [0, 0.05) is 18.7 Å². The first kappa shape index (κ1) is 13.9. The zero-order chi connectivity index (χ0) is 13.7. The summed E-state index contributed by atoms with van der Waals surface area (Å²) in [5.74, 6) is 1.21. The van der Waals surface area contributed by atoms with Crippen molar-refractivity contribution in [2.45, 2.75) is 6.54 Å². The molecular formula is C13H16ClN3O2. The predicted molar refractivity (Wildman–Crippen MR) is 75.3 cm³/mol. The van der Waals surface area contributed by atoms with Crippen LogP contribution in [0.1, 0.15) is 0 Å². The highest BCUT2D eigenvalue weighted by Crippen LogP contribution is 2.29. The number of aromatic nitrogens is 2. The van der Waals surface area contributed by atoms with Crippen molar-refractivity contribution >= 4 is 17.4 Å². The van der Waals surface area contributed by atoms with Gasteiger partial charge in [-0.3, -0.25) is 0 Å². The van der Waals surface area contributed by atoms with E-state index >= 15 is 0 Å². The summed E-state index contributed by atoms with van der Waals surface area (Å²) >= 11 is 6.24. The zero-order valence-electron chi connectivity index (χ0n) is 10.4. The minimum Gasteiger partial charge on any atom is -0.395 e. The molecule has 0 bridgehead atoms. The van der Waals surface area contributed by atoms with Gasteiger partial charge in [0.15, 0.2) is 11.0 Å². The molecule has 1 heterocycles. The quantitative estimate of drug-likeness (QED) is 0.752. The van der Waals surface area contributed by atoms with Gasteiger partial charge in [-0.05, 0) is 0 Å². The van der Waals surface area contributed by atoms with Crippen LogP contribution in [0.2, 0.25) is 5.15 Å². The number of hydrogen-bond donors (Lipinski definition) is 3. The van der Waals surface area contributed by atoms with Gasteiger partial charge in [0.05, 0.1) is 13.2 Å². The van der Waals surface area contributed by atoms with Crippen LogP contribution >= 0.6 is 11.6 Å². The highest BCUT2D eigenvalue weighted by atomic mass is 35.5. The van der Waals surface area contributed by atoms with Crippen LogP contribution in [-0.2, 0) is 6.54 Å². The van der Waals surface area contributed by atoms with E-state index in [0.29, 0.717) is 29.9 Å². The Kier molecular flexibility index (Phi) is 4.79. The minimum absolute atomic E-state index is 0.00383. The van der Waals surface area contributed by atoms with E-state index in [2.05, 4.69) is 10.3 Å². The summed E-state index contributed by atoms with van der Waals surface area (Å²) in [4.78, 5) is 4.43. The summed E-state index contributed by atoms with van der Waals surface area (Å²) in [5, 5.41) is 21.4. The van der Waals surface area contributed by atoms with Crippen molar-refractivity contribution in [3.05, 3.63) is 35.5 Å². The van der Waals surface area contributed by atoms with E-state index in [9.17, 15) is 0 Å². The molecule has 6 heteroatoms. The topological polar surface area (TPSA) is 70.3 Å². The van der Waals surface area contributed by atoms with Gasteiger partial charge in [-0.2, -0.15) is 0 Å². The van der Waals surface area contributed by atoms with Crippen LogP contribution in [0.15, 0.2) is 30.3 Å². The van der Waals surface area contributed by atoms with Crippen molar-refractivity contribution in [3.8, 4) is 11.4 Å². The molecule has 1 aromatic heterocycles. The minimum atomic E-state index is -0.0185. The summed E-state index contributed by atoms with van der Waals surface area (Å²) in [7, 11) is 0. The summed E-state index contributed by atoms with van der Waals surface area (Å²) in [6.07, 6.45) is 0. The highest BCUT2D eigenvalue weighted by molar-refractivity contribution is 6.32. The molecule has 0 unspecified atom stereocenters. The zero-order valence-corrected chi connectivity index (χ0v) is 11.1. The van der Waals surface area contributed by atoms with Gasteiger partial charge >= 0.3 is 0 Å². The average molecular weight is 282 g/mol. The fraction of sp³-hybridized carbons (Fsp3) is 0.308. The van der Waals surface area contributed by atoms with Crippen molar-refractivity contribution in [1.29, 1.82) is 0 Å². The second-order valence-electron chi connectivity index (χ2n) is 3.97. The van der Waals surface area contributed by atoms with E-state index in [0.717, 1.165) is 5.56 Å². The van der Waals surface area contributed by atoms with Gasteiger partial charge < -0.3 is 20.1 Å². The molecule has 0 saturated carbocycles. The first-order chi connectivity index (χ1) is 9.27. The van der Waals surface area contributed by atoms with Crippen molar-refractivity contribution in [1.82, 2.24) is 9.55 Å². The maximum absolute atomic E-state index is 9.13. The SMILES string of the molecule is OCCNc1nc(-c2ccccc2)n(CCO)c1Cl. The molecule has 3 N–H and O–H groups in total. The molecule has 0 fully saturated rings. The maximum Gasteiger partial charge on any atom is 0.164 e. The van der Waals surface area contributed by atoms with Gasteiger partial charge in [-0.1, -0.05) is 41.9 Å². The number of benzene rings is 1. The highest BCUT2D eigenvalue weighted by Gasteiger charge is 2.16. The Hall–Kier alpha value is -1.56. The van der Waals surface area contributed by atoms with Gasteiger partial charge in [0.1, 0.15) is 5.82 Å². The van der Waals surface area contributed by atoms with Gasteiger partial charge in [0.25, 0.3) is 0 Å². The first-order valence-electron chi connectivity index (χ1n) is 6.05. The third-order valence-corrected chi connectivity index (χ3v) is 3.05. The number of aliphatic hydroxyl groups excluding tert-OH is 2. The molecule has 0 saturated heterocycles. The normalized spacial score (nSPS) is 10.7. The number of imidazole rings is 1. The van der Waals surface area contributed by atoms with Crippen LogP contribution in [0.5, 0.6) is 0 Å². The number of rotatable bonds is 6. The molecule has 0 amide bonds. The molecule has 5 nitrogen and oxygen atoms in total. The van der Waals surface area contributed by atoms with Crippen LogP contribution in [0, 0.1) is 0 Å². The number of aliphatic hydroxyl groups is 2. The Morgan fingerprint density at radius 1 is 1.16 bits per heavy atom. The molecule has 0 spiro atoms. The van der Waals surface area contributed by atoms with Crippen LogP contribution in [0.25, 0.3) is 11.4 Å². The smallest absolute Gasteiger partial charge is 0.164 e. The van der Waals surface area contributed by atoms with Gasteiger partial charge in [-0.15, -0.1) is 0 Å². The molecule has 0 aliphatic carbocycles. The number of anilines is 1. The van der Waals surface area contributed by atoms with Crippen molar-refractivity contribution in [3.63, 3.8) is 0 Å². The van der Waals surface area contributed by atoms with E-state index in [4.69, 9.17) is 21.8 Å². The Morgan fingerprint density at radius 3 is 2.53 bits per heavy atom. The number of halogens is 1. The van der Waals surface area contributed by atoms with E-state index in [1.807, 2.05) is 30.3 Å². The maximum atomic E-state index is 9.13. The van der Waals surface area contributed by atoms with Crippen LogP contribution in [-0.4, -0.2) is 39.5 Å². The molecule has 2 aromatic rings. The van der Waals surface area contributed by atoms with Crippen molar-refractivity contribution < 1.29 is 10.2 Å². The lowest BCUT2D eigenvalue weighted by atomic mass is 10.2. The Bertz CT molecular complexity index is 528. The second-order valence-corrected chi connectivity index (χ2v) is 4.32. The van der Waals surface area contributed by atoms with E-state index in [-0.39, 0.29) is 13.2 Å². The average Bonchev–Trinajstić information content (AvgIpc) is 2.75. The van der Waals surface area contributed by atoms with Gasteiger partial charge in [0.2, 0.25) is 0 Å². The molecule has 0 aliphatic heterocycles. The Labute approximate surface area is 116 Å². The fourth-order valence-corrected chi connectivity index (χ4v) is 2.11. The molecule has 0 atom stereocenters.